The summed E-state index contributed by atoms with van der Waals surface area (Å²) < 4.78 is 11.0. The minimum absolute atomic E-state index is 0.0879. The van der Waals surface area contributed by atoms with Crippen LogP contribution in [0.1, 0.15) is 32.6 Å². The van der Waals surface area contributed by atoms with Gasteiger partial charge in [-0.2, -0.15) is 0 Å². The van der Waals surface area contributed by atoms with E-state index in [9.17, 15) is 9.90 Å². The Balaban J connectivity index is 3.17. The monoisotopic (exact) mass is 255 g/mol. The molecule has 1 rings (SSSR count). The zero-order valence-electron chi connectivity index (χ0n) is 10.9. The highest BCUT2D eigenvalue weighted by Crippen LogP contribution is 2.36. The van der Waals surface area contributed by atoms with Gasteiger partial charge in [0.1, 0.15) is 17.6 Å². The van der Waals surface area contributed by atoms with E-state index in [2.05, 4.69) is 0 Å². The molecule has 1 radical (unpaired) electrons. The first-order valence-corrected chi connectivity index (χ1v) is 7.92. The van der Waals surface area contributed by atoms with Gasteiger partial charge >= 0.3 is 5.63 Å². The van der Waals surface area contributed by atoms with Crippen LogP contribution in [0.15, 0.2) is 21.3 Å². The molecule has 1 unspecified atom stereocenters. The molecule has 0 aliphatic rings. The molecule has 1 heterocycles. The quantitative estimate of drug-likeness (QED) is 0.844. The number of rotatable bonds is 3. The van der Waals surface area contributed by atoms with Crippen LogP contribution in [-0.4, -0.2) is 14.1 Å². The van der Waals surface area contributed by atoms with Crippen LogP contribution in [0.3, 0.4) is 0 Å². The van der Waals surface area contributed by atoms with E-state index < -0.39 is 14.7 Å². The van der Waals surface area contributed by atoms with Crippen molar-refractivity contribution in [3.8, 4) is 5.75 Å². The smallest absolute Gasteiger partial charge is 0.339 e. The molecule has 0 saturated carbocycles. The number of aromatic hydroxyl groups is 1. The van der Waals surface area contributed by atoms with Gasteiger partial charge < -0.3 is 13.9 Å². The largest absolute Gasteiger partial charge is 0.508 e. The maximum absolute atomic E-state index is 11.3. The highest BCUT2D eigenvalue weighted by molar-refractivity contribution is 6.48. The fraction of sp³-hybridized carbons (Fsp3) is 0.583. The molecule has 1 atom stereocenters. The molecular weight excluding hydrogens is 236 g/mol. The Morgan fingerprint density at radius 3 is 2.35 bits per heavy atom. The summed E-state index contributed by atoms with van der Waals surface area (Å²) in [7, 11) is -0.932. The van der Waals surface area contributed by atoms with Gasteiger partial charge in [0.25, 0.3) is 0 Å². The number of hydrogen-bond acceptors (Lipinski definition) is 4. The highest BCUT2D eigenvalue weighted by atomic mass is 28.3. The number of hydrogen-bond donors (Lipinski definition) is 1. The lowest BCUT2D eigenvalue weighted by atomic mass is 9.87. The van der Waals surface area contributed by atoms with Crippen LogP contribution in [0.5, 0.6) is 5.75 Å². The van der Waals surface area contributed by atoms with Gasteiger partial charge in [-0.1, -0.05) is 20.8 Å². The van der Waals surface area contributed by atoms with Crippen molar-refractivity contribution in [1.82, 2.24) is 0 Å². The van der Waals surface area contributed by atoms with Crippen LogP contribution in [0, 0.1) is 5.41 Å². The third-order valence-electron chi connectivity index (χ3n) is 2.17. The van der Waals surface area contributed by atoms with E-state index in [1.54, 1.807) is 0 Å². The molecule has 0 amide bonds. The van der Waals surface area contributed by atoms with Crippen LogP contribution >= 0.6 is 0 Å². The Kier molecular flexibility index (Phi) is 4.16. The van der Waals surface area contributed by atoms with E-state index in [0.717, 1.165) is 6.07 Å². The zero-order chi connectivity index (χ0) is 13.2. The lowest BCUT2D eigenvalue weighted by Crippen LogP contribution is -2.26. The Hall–Kier alpha value is -1.07. The molecular formula is C12H19O4Si. The summed E-state index contributed by atoms with van der Waals surface area (Å²) >= 11 is 0. The third kappa shape index (κ3) is 4.01. The topological polar surface area (TPSA) is 59.7 Å². The first kappa shape index (κ1) is 14.0. The van der Waals surface area contributed by atoms with E-state index in [-0.39, 0.29) is 17.3 Å². The van der Waals surface area contributed by atoms with Crippen molar-refractivity contribution in [2.45, 2.75) is 40.0 Å². The molecule has 0 aromatic carbocycles. The predicted octanol–water partition coefficient (Wildman–Crippen LogP) is 2.70. The van der Waals surface area contributed by atoms with E-state index in [4.69, 9.17) is 8.84 Å². The van der Waals surface area contributed by atoms with Crippen molar-refractivity contribution >= 4 is 9.04 Å². The summed E-state index contributed by atoms with van der Waals surface area (Å²) in [6.45, 7) is 10.1. The van der Waals surface area contributed by atoms with E-state index in [0.29, 0.717) is 5.76 Å². The zero-order valence-corrected chi connectivity index (χ0v) is 11.9. The Morgan fingerprint density at radius 2 is 1.94 bits per heavy atom. The molecule has 4 nitrogen and oxygen atoms in total. The van der Waals surface area contributed by atoms with E-state index >= 15 is 0 Å². The average molecular weight is 255 g/mol. The molecule has 1 N–H and O–H groups in total. The normalized spacial score (nSPS) is 14.0. The van der Waals surface area contributed by atoms with Crippen LogP contribution in [-0.2, 0) is 4.43 Å². The molecule has 17 heavy (non-hydrogen) atoms. The van der Waals surface area contributed by atoms with Gasteiger partial charge in [0, 0.05) is 6.07 Å². The van der Waals surface area contributed by atoms with Gasteiger partial charge in [0.2, 0.25) is 9.04 Å². The standard InChI is InChI=1S/C12H19O4Si/c1-12(2,3)11(16-17(4)5)9-6-8(13)7-10(14)15-9/h6-7,11,13H,1-5H3. The molecule has 0 aliphatic carbocycles. The lowest BCUT2D eigenvalue weighted by molar-refractivity contribution is 0.0627. The molecule has 0 aliphatic heterocycles. The third-order valence-corrected chi connectivity index (χ3v) is 2.88. The van der Waals surface area contributed by atoms with Gasteiger partial charge in [0.05, 0.1) is 6.07 Å². The maximum Gasteiger partial charge on any atom is 0.339 e. The molecule has 1 aromatic heterocycles. The summed E-state index contributed by atoms with van der Waals surface area (Å²) in [5.41, 5.74) is -0.759. The summed E-state index contributed by atoms with van der Waals surface area (Å²) in [6.07, 6.45) is -0.328. The fourth-order valence-corrected chi connectivity index (χ4v) is 2.45. The minimum Gasteiger partial charge on any atom is -0.508 e. The minimum atomic E-state index is -0.932. The first-order chi connectivity index (χ1) is 7.70. The van der Waals surface area contributed by atoms with Gasteiger partial charge in [-0.25, -0.2) is 4.79 Å². The maximum atomic E-state index is 11.3. The molecule has 0 spiro atoms. The van der Waals surface area contributed by atoms with Gasteiger partial charge in [-0.05, 0) is 18.5 Å². The predicted molar refractivity (Wildman–Crippen MR) is 67.4 cm³/mol. The summed E-state index contributed by atoms with van der Waals surface area (Å²) in [5, 5.41) is 9.44. The van der Waals surface area contributed by atoms with Crippen molar-refractivity contribution < 1.29 is 13.9 Å². The molecule has 1 aromatic rings. The van der Waals surface area contributed by atoms with Crippen molar-refractivity contribution in [3.63, 3.8) is 0 Å². The average Bonchev–Trinajstić information content (AvgIpc) is 2.10. The van der Waals surface area contributed by atoms with Crippen LogP contribution < -0.4 is 5.63 Å². The molecule has 5 heteroatoms. The van der Waals surface area contributed by atoms with Gasteiger partial charge in [0.15, 0.2) is 0 Å². The van der Waals surface area contributed by atoms with E-state index in [1.807, 2.05) is 33.9 Å². The second-order valence-corrected chi connectivity index (χ2v) is 7.36. The molecule has 0 bridgehead atoms. The van der Waals surface area contributed by atoms with E-state index in [1.165, 1.54) is 6.07 Å². The van der Waals surface area contributed by atoms with Crippen molar-refractivity contribution in [1.29, 1.82) is 0 Å². The fourth-order valence-electron chi connectivity index (χ4n) is 1.51. The lowest BCUT2D eigenvalue weighted by Gasteiger charge is -2.31. The van der Waals surface area contributed by atoms with Crippen LogP contribution in [0.25, 0.3) is 0 Å². The van der Waals surface area contributed by atoms with Crippen molar-refractivity contribution in [3.05, 3.63) is 28.3 Å². The highest BCUT2D eigenvalue weighted by Gasteiger charge is 2.30. The molecule has 0 saturated heterocycles. The van der Waals surface area contributed by atoms with Crippen molar-refractivity contribution in [2.75, 3.05) is 0 Å². The Bertz CT molecular complexity index is 431. The van der Waals surface area contributed by atoms with Crippen LogP contribution in [0.4, 0.5) is 0 Å². The first-order valence-electron chi connectivity index (χ1n) is 5.51. The molecule has 0 fully saturated rings. The van der Waals surface area contributed by atoms with Crippen LogP contribution in [0.2, 0.25) is 13.1 Å². The van der Waals surface area contributed by atoms with Gasteiger partial charge in [-0.15, -0.1) is 0 Å². The van der Waals surface area contributed by atoms with Crippen molar-refractivity contribution in [2.24, 2.45) is 5.41 Å². The summed E-state index contributed by atoms with van der Waals surface area (Å²) in [5.74, 6) is 0.295. The summed E-state index contributed by atoms with van der Waals surface area (Å²) in [6, 6.07) is 2.50. The SMILES string of the molecule is C[Si](C)OC(c1cc(O)cc(=O)o1)C(C)(C)C. The Morgan fingerprint density at radius 1 is 1.35 bits per heavy atom. The molecule has 95 valence electrons. The second-order valence-electron chi connectivity index (χ2n) is 5.31. The van der Waals surface area contributed by atoms with Gasteiger partial charge in [-0.3, -0.25) is 0 Å². The second kappa shape index (κ2) is 5.06. The summed E-state index contributed by atoms with van der Waals surface area (Å²) in [4.78, 5) is 11.3. The Labute approximate surface area is 103 Å².